The minimum absolute atomic E-state index is 0.138. The van der Waals surface area contributed by atoms with Crippen LogP contribution in [0.5, 0.6) is 11.5 Å². The molecule has 4 aromatic rings. The number of anilines is 1. The van der Waals surface area contributed by atoms with E-state index in [1.807, 2.05) is 94.3 Å². The third kappa shape index (κ3) is 3.64. The van der Waals surface area contributed by atoms with Gasteiger partial charge in [0.25, 0.3) is 5.91 Å². The number of imidazole rings is 1. The summed E-state index contributed by atoms with van der Waals surface area (Å²) in [5.41, 5.74) is 2.59. The van der Waals surface area contributed by atoms with Gasteiger partial charge >= 0.3 is 0 Å². The van der Waals surface area contributed by atoms with E-state index in [9.17, 15) is 4.79 Å². The lowest BCUT2D eigenvalue weighted by Gasteiger charge is -2.11. The van der Waals surface area contributed by atoms with Gasteiger partial charge in [0, 0.05) is 0 Å². The second kappa shape index (κ2) is 7.80. The highest BCUT2D eigenvalue weighted by Crippen LogP contribution is 2.29. The number of rotatable bonds is 6. The Morgan fingerprint density at radius 2 is 1.71 bits per heavy atom. The van der Waals surface area contributed by atoms with Crippen molar-refractivity contribution >= 4 is 28.8 Å². The molecule has 0 saturated heterocycles. The summed E-state index contributed by atoms with van der Waals surface area (Å²) in [6.45, 7) is 4.01. The van der Waals surface area contributed by atoms with Gasteiger partial charge in [-0.1, -0.05) is 49.0 Å². The molecule has 0 aliphatic carbocycles. The van der Waals surface area contributed by atoms with Crippen LogP contribution in [0.3, 0.4) is 0 Å². The number of nitrogens with one attached hydrogen (secondary N) is 1. The molecule has 0 spiro atoms. The summed E-state index contributed by atoms with van der Waals surface area (Å²) in [5, 5.41) is 2.95. The molecule has 1 N–H and O–H groups in total. The molecule has 0 fully saturated rings. The van der Waals surface area contributed by atoms with Crippen LogP contribution in [0.25, 0.3) is 17.2 Å². The van der Waals surface area contributed by atoms with Crippen molar-refractivity contribution in [2.24, 2.45) is 0 Å². The Morgan fingerprint density at radius 3 is 2.54 bits per heavy atom. The highest BCUT2D eigenvalue weighted by molar-refractivity contribution is 5.91. The number of benzene rings is 3. The number of para-hydroxylation sites is 5. The maximum absolute atomic E-state index is 12.7. The zero-order chi connectivity index (χ0) is 19.3. The largest absolute Gasteiger partial charge is 0.455 e. The lowest BCUT2D eigenvalue weighted by molar-refractivity contribution is -0.658. The van der Waals surface area contributed by atoms with Crippen molar-refractivity contribution in [2.45, 2.75) is 6.54 Å². The first kappa shape index (κ1) is 17.5. The first-order valence-corrected chi connectivity index (χ1v) is 8.98. The van der Waals surface area contributed by atoms with Gasteiger partial charge < -0.3 is 10.1 Å². The molecule has 0 radical (unpaired) electrons. The normalized spacial score (nSPS) is 10.6. The van der Waals surface area contributed by atoms with E-state index in [0.29, 0.717) is 17.2 Å². The Labute approximate surface area is 163 Å². The Hall–Kier alpha value is -3.86. The molecule has 1 heterocycles. The van der Waals surface area contributed by atoms with Crippen LogP contribution in [0.15, 0.2) is 91.8 Å². The topological polar surface area (TPSA) is 47.1 Å². The molecule has 5 nitrogen and oxygen atoms in total. The summed E-state index contributed by atoms with van der Waals surface area (Å²) < 4.78 is 9.71. The molecule has 0 saturated carbocycles. The molecular formula is C23H20N3O2+. The van der Waals surface area contributed by atoms with Gasteiger partial charge in [-0.2, -0.15) is 0 Å². The zero-order valence-electron chi connectivity index (χ0n) is 15.3. The van der Waals surface area contributed by atoms with Gasteiger partial charge in [0.15, 0.2) is 23.3 Å². The summed E-state index contributed by atoms with van der Waals surface area (Å²) in [5.74, 6) is 1.18. The first-order chi connectivity index (χ1) is 13.7. The monoisotopic (exact) mass is 370 g/mol. The van der Waals surface area contributed by atoms with Crippen LogP contribution in [0.4, 0.5) is 5.69 Å². The molecule has 0 atom stereocenters. The third-order valence-corrected chi connectivity index (χ3v) is 4.38. The minimum Gasteiger partial charge on any atom is -0.455 e. The van der Waals surface area contributed by atoms with Crippen LogP contribution in [-0.2, 0) is 11.3 Å². The fourth-order valence-corrected chi connectivity index (χ4v) is 3.09. The van der Waals surface area contributed by atoms with E-state index < -0.39 is 0 Å². The summed E-state index contributed by atoms with van der Waals surface area (Å²) >= 11 is 0. The summed E-state index contributed by atoms with van der Waals surface area (Å²) in [7, 11) is 0. The fourth-order valence-electron chi connectivity index (χ4n) is 3.09. The molecule has 0 aliphatic rings. The van der Waals surface area contributed by atoms with Crippen LogP contribution in [0, 0.1) is 0 Å². The van der Waals surface area contributed by atoms with Crippen LogP contribution >= 0.6 is 0 Å². The third-order valence-electron chi connectivity index (χ3n) is 4.38. The molecule has 0 aliphatic heterocycles. The molecule has 0 bridgehead atoms. The van der Waals surface area contributed by atoms with Gasteiger partial charge in [0.1, 0.15) is 5.75 Å². The fraction of sp³-hybridized carbons (Fsp3) is 0.0435. The second-order valence-electron chi connectivity index (χ2n) is 6.28. The number of carbonyl (C=O) groups excluding carboxylic acids is 1. The van der Waals surface area contributed by atoms with Crippen LogP contribution < -0.4 is 14.6 Å². The average molecular weight is 370 g/mol. The second-order valence-corrected chi connectivity index (χ2v) is 6.28. The molecule has 5 heteroatoms. The van der Waals surface area contributed by atoms with E-state index in [-0.39, 0.29) is 12.5 Å². The van der Waals surface area contributed by atoms with Crippen LogP contribution in [0.1, 0.15) is 0 Å². The lowest BCUT2D eigenvalue weighted by Crippen LogP contribution is -2.39. The van der Waals surface area contributed by atoms with Crippen molar-refractivity contribution < 1.29 is 14.1 Å². The van der Waals surface area contributed by atoms with Gasteiger partial charge in [0.05, 0.1) is 11.9 Å². The molecule has 4 rings (SSSR count). The molecular weight excluding hydrogens is 350 g/mol. The number of amides is 1. The smallest absolute Gasteiger partial charge is 0.266 e. The van der Waals surface area contributed by atoms with E-state index >= 15 is 0 Å². The molecule has 1 aromatic heterocycles. The van der Waals surface area contributed by atoms with Crippen molar-refractivity contribution in [1.29, 1.82) is 0 Å². The predicted molar refractivity (Wildman–Crippen MR) is 110 cm³/mol. The van der Waals surface area contributed by atoms with Gasteiger partial charge in [-0.3, -0.25) is 4.79 Å². The number of aromatic nitrogens is 2. The van der Waals surface area contributed by atoms with E-state index in [1.165, 1.54) is 0 Å². The summed E-state index contributed by atoms with van der Waals surface area (Å²) in [4.78, 5) is 12.7. The summed E-state index contributed by atoms with van der Waals surface area (Å²) in [6, 6.07) is 24.8. The highest BCUT2D eigenvalue weighted by atomic mass is 16.5. The number of fused-ring (bicyclic) bond motifs is 1. The van der Waals surface area contributed by atoms with E-state index in [0.717, 1.165) is 11.0 Å². The first-order valence-electron chi connectivity index (χ1n) is 8.98. The number of carbonyl (C=O) groups is 1. The quantitative estimate of drug-likeness (QED) is 0.510. The van der Waals surface area contributed by atoms with Crippen LogP contribution in [-0.4, -0.2) is 10.5 Å². The van der Waals surface area contributed by atoms with Crippen molar-refractivity contribution in [3.8, 4) is 11.5 Å². The van der Waals surface area contributed by atoms with E-state index in [4.69, 9.17) is 4.74 Å². The number of hydrogen-bond acceptors (Lipinski definition) is 2. The Balaban J connectivity index is 1.54. The maximum Gasteiger partial charge on any atom is 0.266 e. The van der Waals surface area contributed by atoms with Crippen molar-refractivity contribution in [2.75, 3.05) is 5.32 Å². The molecule has 138 valence electrons. The minimum atomic E-state index is -0.138. The van der Waals surface area contributed by atoms with Crippen molar-refractivity contribution in [1.82, 2.24) is 4.57 Å². The average Bonchev–Trinajstić information content (AvgIpc) is 3.08. The highest BCUT2D eigenvalue weighted by Gasteiger charge is 2.17. The molecule has 28 heavy (non-hydrogen) atoms. The number of hydrogen-bond donors (Lipinski definition) is 1. The van der Waals surface area contributed by atoms with Gasteiger partial charge in [-0.15, -0.1) is 0 Å². The maximum atomic E-state index is 12.7. The SMILES string of the molecule is C=Cn1c[n+](CC(=O)Nc2ccccc2Oc2ccccc2)c2ccccc21. The Bertz CT molecular complexity index is 1130. The van der Waals surface area contributed by atoms with Crippen molar-refractivity contribution in [3.63, 3.8) is 0 Å². The summed E-state index contributed by atoms with van der Waals surface area (Å²) in [6.07, 6.45) is 3.59. The Morgan fingerprint density at radius 1 is 1.00 bits per heavy atom. The Kier molecular flexibility index (Phi) is 4.89. The zero-order valence-corrected chi connectivity index (χ0v) is 15.3. The molecule has 3 aromatic carbocycles. The number of ether oxygens (including phenoxy) is 1. The molecule has 0 unspecified atom stereocenters. The van der Waals surface area contributed by atoms with E-state index in [2.05, 4.69) is 11.9 Å². The van der Waals surface area contributed by atoms with E-state index in [1.54, 1.807) is 6.20 Å². The van der Waals surface area contributed by atoms with Crippen LogP contribution in [0.2, 0.25) is 0 Å². The van der Waals surface area contributed by atoms with Gasteiger partial charge in [0.2, 0.25) is 6.33 Å². The number of nitrogens with zero attached hydrogens (tertiary/aromatic N) is 2. The standard InChI is InChI=1S/C23H19N3O2/c1-2-25-17-26(21-14-8-7-13-20(21)25)16-23(27)24-19-12-6-9-15-22(19)28-18-10-4-3-5-11-18/h2-15,17H,1,16H2/p+1. The lowest BCUT2D eigenvalue weighted by atomic mass is 10.2. The van der Waals surface area contributed by atoms with Gasteiger partial charge in [-0.25, -0.2) is 9.13 Å². The predicted octanol–water partition coefficient (Wildman–Crippen LogP) is 4.46. The van der Waals surface area contributed by atoms with Gasteiger partial charge in [-0.05, 0) is 36.4 Å². The molecule has 1 amide bonds. The van der Waals surface area contributed by atoms with Crippen molar-refractivity contribution in [3.05, 3.63) is 91.8 Å².